The van der Waals surface area contributed by atoms with E-state index in [0.29, 0.717) is 21.9 Å². The smallest absolute Gasteiger partial charge is 0.261 e. The van der Waals surface area contributed by atoms with Gasteiger partial charge in [0, 0.05) is 22.8 Å². The van der Waals surface area contributed by atoms with Crippen molar-refractivity contribution in [3.63, 3.8) is 0 Å². The third kappa shape index (κ3) is 3.73. The highest BCUT2D eigenvalue weighted by Crippen LogP contribution is 2.30. The average Bonchev–Trinajstić information content (AvgIpc) is 3.23. The van der Waals surface area contributed by atoms with Crippen LogP contribution in [-0.4, -0.2) is 34.2 Å². The first-order chi connectivity index (χ1) is 14.0. The molecule has 1 aromatic heterocycles. The van der Waals surface area contributed by atoms with Gasteiger partial charge in [-0.3, -0.25) is 24.2 Å². The van der Waals surface area contributed by atoms with E-state index in [4.69, 9.17) is 0 Å². The zero-order valence-electron chi connectivity index (χ0n) is 15.5. The zero-order valence-corrected chi connectivity index (χ0v) is 17.9. The number of nitrogens with zero attached hydrogens (tertiary/aromatic N) is 3. The number of amides is 3. The van der Waals surface area contributed by atoms with E-state index in [9.17, 15) is 14.4 Å². The average molecular weight is 470 g/mol. The number of rotatable bonds is 5. The zero-order chi connectivity index (χ0) is 20.5. The van der Waals surface area contributed by atoms with Crippen LogP contribution in [0.15, 0.2) is 58.4 Å². The minimum atomic E-state index is -0.379. The van der Waals surface area contributed by atoms with Gasteiger partial charge in [0.1, 0.15) is 0 Å². The van der Waals surface area contributed by atoms with Crippen molar-refractivity contribution >= 4 is 55.8 Å². The molecule has 0 fully saturated rings. The van der Waals surface area contributed by atoms with Crippen LogP contribution in [0.3, 0.4) is 0 Å². The molecule has 2 aromatic carbocycles. The van der Waals surface area contributed by atoms with Gasteiger partial charge in [0.05, 0.1) is 22.5 Å². The molecule has 0 spiro atoms. The van der Waals surface area contributed by atoms with Crippen LogP contribution in [0.1, 0.15) is 32.8 Å². The Labute approximate surface area is 179 Å². The monoisotopic (exact) mass is 469 g/mol. The summed E-state index contributed by atoms with van der Waals surface area (Å²) in [5.74, 6) is -0.986. The number of benzene rings is 2. The van der Waals surface area contributed by atoms with E-state index in [2.05, 4.69) is 20.9 Å². The minimum Gasteiger partial charge on any atom is -0.274 e. The van der Waals surface area contributed by atoms with Crippen molar-refractivity contribution in [1.29, 1.82) is 0 Å². The topological polar surface area (TPSA) is 70.6 Å². The number of aromatic nitrogens is 1. The fraction of sp³-hybridized carbons (Fsp3) is 0.143. The number of para-hydroxylation sites is 1. The first kappa shape index (κ1) is 19.5. The Morgan fingerprint density at radius 1 is 1.10 bits per heavy atom. The Morgan fingerprint density at radius 3 is 2.52 bits per heavy atom. The summed E-state index contributed by atoms with van der Waals surface area (Å²) in [6.07, 6.45) is 0.000159. The highest BCUT2D eigenvalue weighted by Gasteiger charge is 2.36. The minimum absolute atomic E-state index is 0.000159. The molecular weight excluding hydrogens is 454 g/mol. The molecule has 6 nitrogen and oxygen atoms in total. The van der Waals surface area contributed by atoms with Crippen LogP contribution in [0.25, 0.3) is 0 Å². The van der Waals surface area contributed by atoms with E-state index >= 15 is 0 Å². The van der Waals surface area contributed by atoms with Crippen LogP contribution in [0.5, 0.6) is 0 Å². The Bertz CT molecular complexity index is 1110. The van der Waals surface area contributed by atoms with Gasteiger partial charge in [-0.1, -0.05) is 34.1 Å². The SMILES string of the molecule is Cc1csc(N(C(=O)CCN2C(=O)c3ccc(Br)cc3C2=O)c2ccccc2)n1. The van der Waals surface area contributed by atoms with E-state index in [-0.39, 0.29) is 30.7 Å². The molecule has 0 bridgehead atoms. The molecule has 1 aliphatic heterocycles. The third-order valence-corrected chi connectivity index (χ3v) is 5.98. The Morgan fingerprint density at radius 2 is 1.83 bits per heavy atom. The lowest BCUT2D eigenvalue weighted by molar-refractivity contribution is -0.118. The van der Waals surface area contributed by atoms with Gasteiger partial charge >= 0.3 is 0 Å². The first-order valence-electron chi connectivity index (χ1n) is 8.91. The molecule has 0 radical (unpaired) electrons. The number of hydrogen-bond acceptors (Lipinski definition) is 5. The van der Waals surface area contributed by atoms with Crippen molar-refractivity contribution in [3.05, 3.63) is 75.2 Å². The second kappa shape index (κ2) is 7.88. The van der Waals surface area contributed by atoms with Gasteiger partial charge in [0.15, 0.2) is 5.13 Å². The first-order valence-corrected chi connectivity index (χ1v) is 10.6. The summed E-state index contributed by atoms with van der Waals surface area (Å²) < 4.78 is 0.727. The van der Waals surface area contributed by atoms with Crippen LogP contribution in [0.4, 0.5) is 10.8 Å². The van der Waals surface area contributed by atoms with E-state index in [0.717, 1.165) is 15.1 Å². The summed E-state index contributed by atoms with van der Waals surface area (Å²) in [4.78, 5) is 45.4. The summed E-state index contributed by atoms with van der Waals surface area (Å²) >= 11 is 4.69. The van der Waals surface area contributed by atoms with Crippen LogP contribution in [0.2, 0.25) is 0 Å². The van der Waals surface area contributed by atoms with E-state index in [1.807, 2.05) is 42.6 Å². The number of thiazole rings is 1. The van der Waals surface area contributed by atoms with Gasteiger partial charge in [0.25, 0.3) is 11.8 Å². The number of imide groups is 1. The summed E-state index contributed by atoms with van der Waals surface area (Å²) in [6, 6.07) is 14.2. The van der Waals surface area contributed by atoms with Crippen molar-refractivity contribution < 1.29 is 14.4 Å². The molecule has 4 rings (SSSR count). The number of halogens is 1. The van der Waals surface area contributed by atoms with Gasteiger partial charge in [-0.05, 0) is 37.3 Å². The van der Waals surface area contributed by atoms with Crippen molar-refractivity contribution in [2.24, 2.45) is 0 Å². The third-order valence-electron chi connectivity index (χ3n) is 4.54. The molecule has 3 amide bonds. The van der Waals surface area contributed by atoms with E-state index < -0.39 is 0 Å². The Balaban J connectivity index is 1.55. The molecule has 3 aromatic rings. The van der Waals surface area contributed by atoms with Gasteiger partial charge in [-0.15, -0.1) is 11.3 Å². The summed E-state index contributed by atoms with van der Waals surface area (Å²) in [7, 11) is 0. The van der Waals surface area contributed by atoms with Crippen molar-refractivity contribution in [3.8, 4) is 0 Å². The molecule has 0 aliphatic carbocycles. The number of carbonyl (C=O) groups is 3. The maximum absolute atomic E-state index is 13.1. The molecule has 0 atom stereocenters. The molecule has 2 heterocycles. The second-order valence-corrected chi connectivity index (χ2v) is 8.29. The van der Waals surface area contributed by atoms with Crippen molar-refractivity contribution in [1.82, 2.24) is 9.88 Å². The van der Waals surface area contributed by atoms with Crippen LogP contribution < -0.4 is 4.90 Å². The van der Waals surface area contributed by atoms with Crippen LogP contribution in [-0.2, 0) is 4.79 Å². The highest BCUT2D eigenvalue weighted by atomic mass is 79.9. The molecule has 0 unspecified atom stereocenters. The molecule has 0 saturated heterocycles. The molecule has 29 heavy (non-hydrogen) atoms. The lowest BCUT2D eigenvalue weighted by atomic mass is 10.1. The lowest BCUT2D eigenvalue weighted by Crippen LogP contribution is -2.35. The van der Waals surface area contributed by atoms with Gasteiger partial charge in [0.2, 0.25) is 5.91 Å². The van der Waals surface area contributed by atoms with Gasteiger partial charge in [-0.2, -0.15) is 0 Å². The molecule has 146 valence electrons. The maximum Gasteiger partial charge on any atom is 0.261 e. The summed E-state index contributed by atoms with van der Waals surface area (Å²) in [5, 5.41) is 2.44. The Hall–Kier alpha value is -2.84. The second-order valence-electron chi connectivity index (χ2n) is 6.54. The number of anilines is 2. The van der Waals surface area contributed by atoms with E-state index in [1.165, 1.54) is 16.2 Å². The van der Waals surface area contributed by atoms with Gasteiger partial charge < -0.3 is 0 Å². The normalized spacial score (nSPS) is 13.0. The number of hydrogen-bond donors (Lipinski definition) is 0. The van der Waals surface area contributed by atoms with Crippen molar-refractivity contribution in [2.45, 2.75) is 13.3 Å². The fourth-order valence-corrected chi connectivity index (χ4v) is 4.37. The van der Waals surface area contributed by atoms with Crippen LogP contribution in [0, 0.1) is 6.92 Å². The fourth-order valence-electron chi connectivity index (χ4n) is 3.17. The summed E-state index contributed by atoms with van der Waals surface area (Å²) in [5.41, 5.74) is 2.23. The van der Waals surface area contributed by atoms with Gasteiger partial charge in [-0.25, -0.2) is 4.98 Å². The number of carbonyl (C=O) groups excluding carboxylic acids is 3. The molecule has 1 aliphatic rings. The molecule has 0 saturated carbocycles. The van der Waals surface area contributed by atoms with Crippen LogP contribution >= 0.6 is 27.3 Å². The molecular formula is C21H16BrN3O3S. The highest BCUT2D eigenvalue weighted by molar-refractivity contribution is 9.10. The predicted molar refractivity (Wildman–Crippen MR) is 115 cm³/mol. The number of aryl methyl sites for hydroxylation is 1. The maximum atomic E-state index is 13.1. The summed E-state index contributed by atoms with van der Waals surface area (Å²) in [6.45, 7) is 1.88. The number of fused-ring (bicyclic) bond motifs is 1. The quantitative estimate of drug-likeness (QED) is 0.513. The van der Waals surface area contributed by atoms with Crippen molar-refractivity contribution in [2.75, 3.05) is 11.4 Å². The predicted octanol–water partition coefficient (Wildman–Crippen LogP) is 4.57. The molecule has 0 N–H and O–H groups in total. The standard InChI is InChI=1S/C21H16BrN3O3S/c1-13-12-29-21(23-13)25(15-5-3-2-4-6-15)18(26)9-10-24-19(27)16-8-7-14(22)11-17(16)20(24)28/h2-8,11-12H,9-10H2,1H3. The molecule has 8 heteroatoms. The van der Waals surface area contributed by atoms with E-state index in [1.54, 1.807) is 18.2 Å². The lowest BCUT2D eigenvalue weighted by Gasteiger charge is -2.21. The Kier molecular flexibility index (Phi) is 5.29. The largest absolute Gasteiger partial charge is 0.274 e.